The lowest BCUT2D eigenvalue weighted by molar-refractivity contribution is 1.01. The summed E-state index contributed by atoms with van der Waals surface area (Å²) in [6.07, 6.45) is 4.77. The summed E-state index contributed by atoms with van der Waals surface area (Å²) in [5.74, 6) is 1.43. The molecule has 13 rings (SSSR count). The quantitative estimate of drug-likeness (QED) is 0.174. The monoisotopic (exact) mass is 804 g/mol. The maximum atomic E-state index is 5.26. The molecule has 0 bridgehead atoms. The van der Waals surface area contributed by atoms with Crippen molar-refractivity contribution in [1.29, 1.82) is 0 Å². The van der Waals surface area contributed by atoms with Gasteiger partial charge in [-0.05, 0) is 103 Å². The number of aryl methyl sites for hydroxylation is 1. The number of thiophene rings is 2. The third-order valence-corrected chi connectivity index (χ3v) is 14.1. The van der Waals surface area contributed by atoms with Crippen molar-refractivity contribution in [2.24, 2.45) is 0 Å². The zero-order valence-corrected chi connectivity index (χ0v) is 33.9. The van der Waals surface area contributed by atoms with E-state index in [1.165, 1.54) is 63.9 Å². The summed E-state index contributed by atoms with van der Waals surface area (Å²) in [7, 11) is 0. The van der Waals surface area contributed by atoms with Crippen LogP contribution in [0.15, 0.2) is 164 Å². The van der Waals surface area contributed by atoms with Gasteiger partial charge in [0.2, 0.25) is 5.95 Å². The second-order valence-electron chi connectivity index (χ2n) is 15.6. The molecule has 0 saturated heterocycles. The highest BCUT2D eigenvalue weighted by molar-refractivity contribution is 7.26. The number of hydrogen-bond donors (Lipinski definition) is 0. The molecule has 13 aromatic rings. The summed E-state index contributed by atoms with van der Waals surface area (Å²) >= 11 is 3.50. The van der Waals surface area contributed by atoms with E-state index in [4.69, 9.17) is 19.9 Å². The molecule has 0 fully saturated rings. The van der Waals surface area contributed by atoms with Crippen LogP contribution in [0.3, 0.4) is 0 Å². The van der Waals surface area contributed by atoms with Crippen molar-refractivity contribution in [3.05, 3.63) is 181 Å². The minimum absolute atomic E-state index is 0.692. The third kappa shape index (κ3) is 5.11. The lowest BCUT2D eigenvalue weighted by atomic mass is 10.0. The van der Waals surface area contributed by atoms with E-state index in [0.717, 1.165) is 60.5 Å². The fraction of sp³-hybridized carbons (Fsp3) is 0.0385. The highest BCUT2D eigenvalue weighted by Gasteiger charge is 2.18. The van der Waals surface area contributed by atoms with Crippen molar-refractivity contribution in [3.63, 3.8) is 0 Å². The van der Waals surface area contributed by atoms with Crippen LogP contribution in [0, 0.1) is 6.92 Å². The molecule has 6 heterocycles. The molecule has 0 radical (unpaired) electrons. The lowest BCUT2D eigenvalue weighted by Crippen LogP contribution is -2.00. The first-order valence-corrected chi connectivity index (χ1v) is 21.7. The van der Waals surface area contributed by atoms with Crippen molar-refractivity contribution in [2.45, 2.75) is 13.3 Å². The molecule has 6 nitrogen and oxygen atoms in total. The maximum absolute atomic E-state index is 5.26. The average Bonchev–Trinajstić information content (AvgIpc) is 4.03. The Morgan fingerprint density at radius 2 is 1.03 bits per heavy atom. The second kappa shape index (κ2) is 12.9. The fourth-order valence-electron chi connectivity index (χ4n) is 9.18. The largest absolute Gasteiger partial charge is 0.309 e. The molecule has 7 aromatic carbocycles. The molecular formula is C52H32N6S2. The molecule has 0 aliphatic heterocycles. The Balaban J connectivity index is 0.879. The standard InChI is InChI=1S/C52H32N6S2/c1-30-15-21-45-39(23-30)50-48(59-45)29-54-52(56-50)58-42-14-8-6-11-35(42)37-25-31(16-19-44(37)58)24-32-17-22-46-40(26-32)49-47(60-46)28-53-51(55-49)33-18-20-43-38(27-33)36-12-5-7-13-41(36)57(43)34-9-3-2-4-10-34/h2-23,25-29H,24H2,1H3. The van der Waals surface area contributed by atoms with Crippen LogP contribution in [0.4, 0.5) is 0 Å². The molecule has 0 aliphatic carbocycles. The molecule has 282 valence electrons. The Bertz CT molecular complexity index is 3890. The smallest absolute Gasteiger partial charge is 0.235 e. The summed E-state index contributed by atoms with van der Waals surface area (Å²) < 4.78 is 9.19. The van der Waals surface area contributed by atoms with Crippen molar-refractivity contribution < 1.29 is 0 Å². The molecule has 0 unspecified atom stereocenters. The molecule has 8 heteroatoms. The number of hydrogen-bond acceptors (Lipinski definition) is 6. The van der Waals surface area contributed by atoms with E-state index in [0.29, 0.717) is 5.95 Å². The van der Waals surface area contributed by atoms with E-state index in [2.05, 4.69) is 168 Å². The van der Waals surface area contributed by atoms with Crippen molar-refractivity contribution in [2.75, 3.05) is 0 Å². The number of para-hydroxylation sites is 3. The van der Waals surface area contributed by atoms with Gasteiger partial charge >= 0.3 is 0 Å². The van der Waals surface area contributed by atoms with Crippen molar-refractivity contribution in [3.8, 4) is 23.0 Å². The van der Waals surface area contributed by atoms with Crippen molar-refractivity contribution in [1.82, 2.24) is 29.1 Å². The number of benzene rings is 7. The topological polar surface area (TPSA) is 61.4 Å². The van der Waals surface area contributed by atoms with Gasteiger partial charge < -0.3 is 4.57 Å². The molecule has 0 aliphatic rings. The van der Waals surface area contributed by atoms with Gasteiger partial charge in [-0.1, -0.05) is 78.4 Å². The fourth-order valence-corrected chi connectivity index (χ4v) is 11.2. The average molecular weight is 805 g/mol. The molecule has 0 saturated carbocycles. The SMILES string of the molecule is Cc1ccc2sc3cnc(-n4c5ccccc5c5cc(Cc6ccc7sc8cnc(-c9ccc%10c(c9)c9ccccc9n%10-c9ccccc9)nc8c7c6)ccc54)nc3c2c1. The Labute approximate surface area is 351 Å². The van der Waals surface area contributed by atoms with Gasteiger partial charge in [0.25, 0.3) is 0 Å². The summed E-state index contributed by atoms with van der Waals surface area (Å²) in [5.41, 5.74) is 12.4. The molecule has 0 N–H and O–H groups in total. The van der Waals surface area contributed by atoms with Crippen LogP contribution < -0.4 is 0 Å². The summed E-state index contributed by atoms with van der Waals surface area (Å²) in [6, 6.07) is 54.6. The first-order chi connectivity index (χ1) is 29.6. The van der Waals surface area contributed by atoms with Crippen molar-refractivity contribution >= 4 is 107 Å². The van der Waals surface area contributed by atoms with Crippen LogP contribution >= 0.6 is 22.7 Å². The van der Waals surface area contributed by atoms with E-state index in [9.17, 15) is 0 Å². The summed E-state index contributed by atoms with van der Waals surface area (Å²) in [6.45, 7) is 2.13. The van der Waals surface area contributed by atoms with Gasteiger partial charge in [0.15, 0.2) is 5.82 Å². The van der Waals surface area contributed by atoms with Gasteiger partial charge in [-0.15, -0.1) is 22.7 Å². The predicted molar refractivity (Wildman–Crippen MR) is 251 cm³/mol. The lowest BCUT2D eigenvalue weighted by Gasteiger charge is -2.08. The number of nitrogens with zero attached hydrogens (tertiary/aromatic N) is 6. The minimum Gasteiger partial charge on any atom is -0.309 e. The minimum atomic E-state index is 0.692. The van der Waals surface area contributed by atoms with Crippen LogP contribution in [0.25, 0.3) is 107 Å². The van der Waals surface area contributed by atoms with Crippen LogP contribution in [0.2, 0.25) is 0 Å². The Morgan fingerprint density at radius 3 is 1.83 bits per heavy atom. The molecule has 0 amide bonds. The Kier molecular flexibility index (Phi) is 7.23. The van der Waals surface area contributed by atoms with E-state index in [1.54, 1.807) is 22.7 Å². The molecule has 0 spiro atoms. The van der Waals surface area contributed by atoms with Gasteiger partial charge in [-0.2, -0.15) is 0 Å². The highest BCUT2D eigenvalue weighted by Crippen LogP contribution is 2.39. The molecule has 60 heavy (non-hydrogen) atoms. The number of fused-ring (bicyclic) bond motifs is 12. The van der Waals surface area contributed by atoms with E-state index >= 15 is 0 Å². The normalized spacial score (nSPS) is 12.2. The molecule has 0 atom stereocenters. The van der Waals surface area contributed by atoms with E-state index in [-0.39, 0.29) is 0 Å². The van der Waals surface area contributed by atoms with Gasteiger partial charge in [0, 0.05) is 59.2 Å². The van der Waals surface area contributed by atoms with Gasteiger partial charge in [0.1, 0.15) is 0 Å². The van der Waals surface area contributed by atoms with E-state index < -0.39 is 0 Å². The van der Waals surface area contributed by atoms with Crippen LogP contribution in [-0.2, 0) is 6.42 Å². The van der Waals surface area contributed by atoms with Crippen LogP contribution in [-0.4, -0.2) is 29.1 Å². The highest BCUT2D eigenvalue weighted by atomic mass is 32.1. The zero-order chi connectivity index (χ0) is 39.5. The Morgan fingerprint density at radius 1 is 0.450 bits per heavy atom. The molecule has 6 aromatic heterocycles. The zero-order valence-electron chi connectivity index (χ0n) is 32.3. The maximum Gasteiger partial charge on any atom is 0.235 e. The van der Waals surface area contributed by atoms with Gasteiger partial charge in [-0.3, -0.25) is 4.57 Å². The van der Waals surface area contributed by atoms with Gasteiger partial charge in [-0.25, -0.2) is 19.9 Å². The van der Waals surface area contributed by atoms with E-state index in [1.807, 2.05) is 12.4 Å². The first kappa shape index (κ1) is 33.7. The third-order valence-electron chi connectivity index (χ3n) is 11.9. The van der Waals surface area contributed by atoms with Crippen LogP contribution in [0.1, 0.15) is 16.7 Å². The summed E-state index contributed by atoms with van der Waals surface area (Å²) in [4.78, 5) is 20.3. The molecular weight excluding hydrogens is 773 g/mol. The summed E-state index contributed by atoms with van der Waals surface area (Å²) in [5, 5.41) is 7.14. The Hall–Kier alpha value is -7.26. The first-order valence-electron chi connectivity index (χ1n) is 20.1. The second-order valence-corrected chi connectivity index (χ2v) is 17.8. The number of rotatable bonds is 5. The number of aromatic nitrogens is 6. The van der Waals surface area contributed by atoms with Crippen LogP contribution in [0.5, 0.6) is 0 Å². The predicted octanol–water partition coefficient (Wildman–Crippen LogP) is 13.8. The van der Waals surface area contributed by atoms with Gasteiger partial charge in [0.05, 0.1) is 48.7 Å².